The zero-order chi connectivity index (χ0) is 42.8. The minimum absolute atomic E-state index is 0.0772. The van der Waals surface area contributed by atoms with Crippen molar-refractivity contribution >= 4 is 29.4 Å². The maximum atomic E-state index is 12.7. The third-order valence-electron chi connectivity index (χ3n) is 10.00. The van der Waals surface area contributed by atoms with E-state index in [1.807, 2.05) is 58.0 Å². The van der Waals surface area contributed by atoms with Crippen LogP contribution in [0.1, 0.15) is 116 Å². The molecule has 0 aliphatic heterocycles. The third kappa shape index (κ3) is 15.4. The molecule has 59 heavy (non-hydrogen) atoms. The Morgan fingerprint density at radius 1 is 0.847 bits per heavy atom. The van der Waals surface area contributed by atoms with E-state index in [2.05, 4.69) is 22.2 Å². The van der Waals surface area contributed by atoms with Gasteiger partial charge in [0.1, 0.15) is 23.1 Å². The summed E-state index contributed by atoms with van der Waals surface area (Å²) in [5.74, 6) is 1.18. The number of nitrogens with one attached hydrogen (secondary N) is 2. The number of amides is 2. The number of carboxylic acids is 1. The fourth-order valence-corrected chi connectivity index (χ4v) is 6.59. The number of carbonyl (C=O) groups is 4. The molecule has 0 spiro atoms. The highest BCUT2D eigenvalue weighted by molar-refractivity contribution is 5.99. The number of ether oxygens (including phenoxy) is 4. The number of anilines is 1. The van der Waals surface area contributed by atoms with Crippen LogP contribution in [0.4, 0.5) is 5.82 Å². The maximum Gasteiger partial charge on any atom is 0.303 e. The van der Waals surface area contributed by atoms with Crippen LogP contribution in [-0.2, 0) is 33.6 Å². The number of Topliss-reactive ketones (excluding diaryl/α,β-unsaturated/α-hetero) is 1. The lowest BCUT2D eigenvalue weighted by molar-refractivity contribution is -0.137. The van der Waals surface area contributed by atoms with Crippen molar-refractivity contribution in [2.45, 2.75) is 104 Å². The van der Waals surface area contributed by atoms with Crippen molar-refractivity contribution in [1.29, 1.82) is 0 Å². The molecular weight excluding hydrogens is 753 g/mol. The van der Waals surface area contributed by atoms with Crippen molar-refractivity contribution in [3.05, 3.63) is 89.1 Å². The van der Waals surface area contributed by atoms with E-state index in [4.69, 9.17) is 24.7 Å². The van der Waals surface area contributed by atoms with E-state index in [0.717, 1.165) is 54.5 Å². The van der Waals surface area contributed by atoms with E-state index < -0.39 is 11.6 Å². The molecule has 1 aliphatic rings. The first-order valence-electron chi connectivity index (χ1n) is 20.6. The van der Waals surface area contributed by atoms with E-state index >= 15 is 0 Å². The van der Waals surface area contributed by atoms with Crippen LogP contribution in [0.3, 0.4) is 0 Å². The molecule has 13 nitrogen and oxygen atoms in total. The predicted octanol–water partition coefficient (Wildman–Crippen LogP) is 7.08. The molecule has 1 heterocycles. The van der Waals surface area contributed by atoms with Crippen LogP contribution < -0.4 is 30.6 Å². The normalized spacial score (nSPS) is 12.6. The molecule has 2 aromatic carbocycles. The van der Waals surface area contributed by atoms with Gasteiger partial charge in [-0.15, -0.1) is 6.58 Å². The standard InChI is InChI=1S/C46H62N4O9/c1-6-13-35-33-14-10-15-37(51)34(33)20-22-40(35)57-26-9-7-8-25-56-38-16-11-17-39(36(38)21-24-43(53)54)58-27-12-18-42(52)49-30-46(4,5)59-31-45(2,3)29-50-44(55)32-19-23-41(47)48-28-32/h6,11,16-17,19-20,22-23,28H,1,7-10,12-15,18,21,24-27,29-31H2,2-5H3,(H2,47,48)(H,49,52)(H,50,55)(H,53,54). The largest absolute Gasteiger partial charge is 0.493 e. The van der Waals surface area contributed by atoms with Crippen LogP contribution in [0.25, 0.3) is 0 Å². The topological polar surface area (TPSA) is 188 Å². The number of aromatic nitrogens is 1. The Morgan fingerprint density at radius 3 is 2.17 bits per heavy atom. The number of hydrogen-bond donors (Lipinski definition) is 4. The smallest absolute Gasteiger partial charge is 0.303 e. The molecule has 1 aromatic heterocycles. The summed E-state index contributed by atoms with van der Waals surface area (Å²) in [5.41, 5.74) is 8.66. The maximum absolute atomic E-state index is 12.7. The van der Waals surface area contributed by atoms with Crippen molar-refractivity contribution in [2.24, 2.45) is 5.41 Å². The first kappa shape index (κ1) is 46.3. The molecule has 0 saturated carbocycles. The van der Waals surface area contributed by atoms with Crippen LogP contribution in [0, 0.1) is 5.41 Å². The molecule has 0 unspecified atom stereocenters. The molecule has 320 valence electrons. The molecule has 13 heteroatoms. The van der Waals surface area contributed by atoms with E-state index in [-0.39, 0.29) is 48.9 Å². The molecule has 5 N–H and O–H groups in total. The number of nitrogen functional groups attached to an aromatic ring is 1. The van der Waals surface area contributed by atoms with Gasteiger partial charge < -0.3 is 40.4 Å². The summed E-state index contributed by atoms with van der Waals surface area (Å²) in [5, 5.41) is 15.3. The monoisotopic (exact) mass is 814 g/mol. The molecule has 4 rings (SSSR count). The number of unbranched alkanes of at least 4 members (excludes halogenated alkanes) is 2. The second-order valence-electron chi connectivity index (χ2n) is 16.3. The zero-order valence-corrected chi connectivity index (χ0v) is 35.2. The second-order valence-corrected chi connectivity index (χ2v) is 16.3. The second kappa shape index (κ2) is 22.6. The molecule has 0 fully saturated rings. The Labute approximate surface area is 348 Å². The number of ketones is 1. The highest BCUT2D eigenvalue weighted by atomic mass is 16.5. The Morgan fingerprint density at radius 2 is 1.53 bits per heavy atom. The Hall–Kier alpha value is -5.43. The number of nitrogens with zero attached hydrogens (tertiary/aromatic N) is 1. The third-order valence-corrected chi connectivity index (χ3v) is 10.00. The molecule has 0 saturated heterocycles. The van der Waals surface area contributed by atoms with Crippen molar-refractivity contribution in [1.82, 2.24) is 15.6 Å². The lowest BCUT2D eigenvalue weighted by Gasteiger charge is -2.32. The summed E-state index contributed by atoms with van der Waals surface area (Å²) >= 11 is 0. The van der Waals surface area contributed by atoms with Crippen molar-refractivity contribution < 1.29 is 43.2 Å². The molecular formula is C46H62N4O9. The first-order valence-corrected chi connectivity index (χ1v) is 20.6. The van der Waals surface area contributed by atoms with Crippen LogP contribution in [0.2, 0.25) is 0 Å². The van der Waals surface area contributed by atoms with Gasteiger partial charge in [-0.3, -0.25) is 19.2 Å². The summed E-state index contributed by atoms with van der Waals surface area (Å²) in [6.45, 7) is 13.9. The molecule has 0 bridgehead atoms. The van der Waals surface area contributed by atoms with Gasteiger partial charge in [-0.1, -0.05) is 26.0 Å². The summed E-state index contributed by atoms with van der Waals surface area (Å²) in [6.07, 6.45) is 9.61. The van der Waals surface area contributed by atoms with Gasteiger partial charge in [-0.2, -0.15) is 0 Å². The van der Waals surface area contributed by atoms with Crippen LogP contribution in [0.15, 0.2) is 61.3 Å². The number of allylic oxidation sites excluding steroid dienone is 1. The van der Waals surface area contributed by atoms with E-state index in [1.165, 1.54) is 6.20 Å². The number of benzene rings is 2. The van der Waals surface area contributed by atoms with Gasteiger partial charge in [0.05, 0.1) is 37.6 Å². The summed E-state index contributed by atoms with van der Waals surface area (Å²) < 4.78 is 24.5. The van der Waals surface area contributed by atoms with Gasteiger partial charge in [0.25, 0.3) is 5.91 Å². The van der Waals surface area contributed by atoms with Crippen molar-refractivity contribution in [3.63, 3.8) is 0 Å². The number of rotatable bonds is 26. The molecule has 0 radical (unpaired) electrons. The van der Waals surface area contributed by atoms with Gasteiger partial charge >= 0.3 is 5.97 Å². The van der Waals surface area contributed by atoms with E-state index in [9.17, 15) is 24.3 Å². The first-order chi connectivity index (χ1) is 28.2. The SMILES string of the molecule is C=CCc1c(OCCCCCOc2cccc(OCCCC(=O)NCC(C)(C)OCC(C)(C)CNC(=O)c3ccc(N)nc3)c2CCC(=O)O)ccc2c1CCCC2=O. The fourth-order valence-electron chi connectivity index (χ4n) is 6.59. The molecule has 1 aliphatic carbocycles. The fraction of sp³-hybridized carbons (Fsp3) is 0.500. The molecule has 0 atom stereocenters. The van der Waals surface area contributed by atoms with E-state index in [0.29, 0.717) is 80.6 Å². The van der Waals surface area contributed by atoms with Gasteiger partial charge in [0.15, 0.2) is 5.78 Å². The highest BCUT2D eigenvalue weighted by Crippen LogP contribution is 2.33. The Balaban J connectivity index is 1.16. The zero-order valence-electron chi connectivity index (χ0n) is 35.2. The summed E-state index contributed by atoms with van der Waals surface area (Å²) in [6, 6.07) is 12.4. The van der Waals surface area contributed by atoms with Gasteiger partial charge in [-0.05, 0) is 107 Å². The Kier molecular flexibility index (Phi) is 17.8. The van der Waals surface area contributed by atoms with Crippen LogP contribution in [0.5, 0.6) is 17.2 Å². The van der Waals surface area contributed by atoms with Gasteiger partial charge in [-0.25, -0.2) is 4.98 Å². The highest BCUT2D eigenvalue weighted by Gasteiger charge is 2.27. The van der Waals surface area contributed by atoms with Crippen LogP contribution in [-0.4, -0.2) is 78.8 Å². The molecule has 3 aromatic rings. The predicted molar refractivity (Wildman–Crippen MR) is 227 cm³/mol. The van der Waals surface area contributed by atoms with E-state index in [1.54, 1.807) is 18.2 Å². The summed E-state index contributed by atoms with van der Waals surface area (Å²) in [7, 11) is 0. The molecule has 2 amide bonds. The minimum atomic E-state index is -0.918. The van der Waals surface area contributed by atoms with Crippen molar-refractivity contribution in [3.8, 4) is 17.2 Å². The Bertz CT molecular complexity index is 1890. The van der Waals surface area contributed by atoms with Crippen LogP contribution >= 0.6 is 0 Å². The van der Waals surface area contributed by atoms with Gasteiger partial charge in [0.2, 0.25) is 5.91 Å². The number of pyridine rings is 1. The summed E-state index contributed by atoms with van der Waals surface area (Å²) in [4.78, 5) is 53.1. The number of carbonyl (C=O) groups excluding carboxylic acids is 3. The number of aliphatic carboxylic acids is 1. The quantitative estimate of drug-likeness (QED) is 0.0479. The average Bonchev–Trinajstić information content (AvgIpc) is 3.20. The van der Waals surface area contributed by atoms with Gasteiger partial charge in [0, 0.05) is 60.7 Å². The lowest BCUT2D eigenvalue weighted by Crippen LogP contribution is -2.44. The number of carboxylic acid groups (broad SMARTS) is 1. The van der Waals surface area contributed by atoms with Crippen molar-refractivity contribution in [2.75, 3.05) is 45.3 Å². The number of hydrogen-bond acceptors (Lipinski definition) is 10. The lowest BCUT2D eigenvalue weighted by atomic mass is 9.86. The number of nitrogens with two attached hydrogens (primary N) is 1. The number of fused-ring (bicyclic) bond motifs is 1. The minimum Gasteiger partial charge on any atom is -0.493 e. The average molecular weight is 815 g/mol.